The average molecular weight is 708 g/mol. The Kier molecular flexibility index (Phi) is 14.0. The van der Waals surface area contributed by atoms with Gasteiger partial charge in [-0.1, -0.05) is 55.5 Å². The largest absolute Gasteiger partial charge is 0.493 e. The minimum atomic E-state index is -1.35. The molecule has 0 radical (unpaired) electrons. The number of anilines is 3. The number of aromatic nitrogens is 4. The van der Waals surface area contributed by atoms with E-state index < -0.39 is 17.7 Å². The van der Waals surface area contributed by atoms with E-state index >= 15 is 0 Å². The highest BCUT2D eigenvalue weighted by Crippen LogP contribution is 2.28. The van der Waals surface area contributed by atoms with Gasteiger partial charge in [0.2, 0.25) is 11.8 Å². The number of aryl methyl sites for hydroxylation is 2. The number of ketones is 1. The Labute approximate surface area is 295 Å². The number of nitrogens with one attached hydrogen (secondary N) is 3. The number of carbonyl (C=O) groups excluding carboxylic acids is 4. The molecule has 0 aliphatic heterocycles. The van der Waals surface area contributed by atoms with Crippen molar-refractivity contribution in [3.05, 3.63) is 65.2 Å². The molecule has 0 saturated carbocycles. The first-order chi connectivity index (χ1) is 23.6. The molecule has 0 aliphatic carbocycles. The molecule has 2 aromatic carbocycles. The molecule has 4 aromatic rings. The van der Waals surface area contributed by atoms with Gasteiger partial charge in [-0.15, -0.1) is 0 Å². The monoisotopic (exact) mass is 707 g/mol. The predicted molar refractivity (Wildman–Crippen MR) is 194 cm³/mol. The summed E-state index contributed by atoms with van der Waals surface area (Å²) >= 11 is 7.94. The highest BCUT2D eigenvalue weighted by atomic mass is 35.5. The van der Waals surface area contributed by atoms with Gasteiger partial charge in [0.05, 0.1) is 29.4 Å². The summed E-state index contributed by atoms with van der Waals surface area (Å²) in [5.74, 6) is 0.486. The van der Waals surface area contributed by atoms with E-state index in [1.54, 1.807) is 17.8 Å². The van der Waals surface area contributed by atoms with E-state index in [0.29, 0.717) is 18.7 Å². The number of unbranched alkanes of at least 4 members (excludes halogenated alkanes) is 3. The van der Waals surface area contributed by atoms with Crippen LogP contribution in [0.2, 0.25) is 5.02 Å². The van der Waals surface area contributed by atoms with Gasteiger partial charge in [-0.25, -0.2) is 15.0 Å². The van der Waals surface area contributed by atoms with E-state index in [2.05, 4.69) is 37.8 Å². The predicted octanol–water partition coefficient (Wildman–Crippen LogP) is 6.92. The van der Waals surface area contributed by atoms with Crippen LogP contribution < -0.4 is 20.7 Å². The van der Waals surface area contributed by atoms with Gasteiger partial charge in [-0.2, -0.15) is 11.8 Å². The number of hydrogen-bond donors (Lipinski definition) is 3. The highest BCUT2D eigenvalue weighted by molar-refractivity contribution is 7.99. The third kappa shape index (κ3) is 10.8. The Bertz CT molecular complexity index is 1800. The number of benzene rings is 2. The van der Waals surface area contributed by atoms with E-state index in [1.807, 2.05) is 32.0 Å². The smallest absolute Gasteiger partial charge is 0.255 e. The van der Waals surface area contributed by atoms with Crippen LogP contribution >= 0.6 is 23.4 Å². The van der Waals surface area contributed by atoms with Gasteiger partial charge in [0.15, 0.2) is 28.8 Å². The van der Waals surface area contributed by atoms with Crippen LogP contribution in [-0.2, 0) is 19.2 Å². The lowest BCUT2D eigenvalue weighted by Gasteiger charge is -2.17. The zero-order valence-corrected chi connectivity index (χ0v) is 29.7. The van der Waals surface area contributed by atoms with Gasteiger partial charge in [0.25, 0.3) is 5.91 Å². The molecule has 3 N–H and O–H groups in total. The average Bonchev–Trinajstić information content (AvgIpc) is 3.48. The van der Waals surface area contributed by atoms with Gasteiger partial charge < -0.3 is 20.7 Å². The van der Waals surface area contributed by atoms with Crippen molar-refractivity contribution in [1.82, 2.24) is 19.5 Å². The molecule has 260 valence electrons. The van der Waals surface area contributed by atoms with Crippen molar-refractivity contribution < 1.29 is 23.9 Å². The Hall–Kier alpha value is -4.49. The molecule has 0 bridgehead atoms. The zero-order chi connectivity index (χ0) is 35.3. The molecule has 0 saturated heterocycles. The van der Waals surface area contributed by atoms with Crippen LogP contribution in [-0.4, -0.2) is 61.1 Å². The molecular formula is C35H42ClN7O5S. The topological polar surface area (TPSA) is 157 Å². The Morgan fingerprint density at radius 3 is 2.51 bits per heavy atom. The van der Waals surface area contributed by atoms with E-state index in [-0.39, 0.29) is 51.7 Å². The quantitative estimate of drug-likeness (QED) is 0.0738. The summed E-state index contributed by atoms with van der Waals surface area (Å²) < 4.78 is 7.14. The number of halogens is 1. The van der Waals surface area contributed by atoms with Crippen LogP contribution in [0, 0.1) is 13.8 Å². The molecule has 1 atom stereocenters. The number of rotatable bonds is 18. The molecule has 4 rings (SSSR count). The second kappa shape index (κ2) is 18.3. The maximum Gasteiger partial charge on any atom is 0.255 e. The molecule has 2 heterocycles. The molecule has 0 aliphatic rings. The van der Waals surface area contributed by atoms with E-state index in [0.717, 1.165) is 41.9 Å². The Morgan fingerprint density at radius 1 is 0.939 bits per heavy atom. The number of nitrogens with zero attached hydrogens (tertiary/aromatic N) is 4. The van der Waals surface area contributed by atoms with Crippen LogP contribution in [0.25, 0.3) is 11.2 Å². The molecule has 2 aromatic heterocycles. The summed E-state index contributed by atoms with van der Waals surface area (Å²) in [7, 11) is 0. The molecule has 12 nitrogen and oxygen atoms in total. The minimum Gasteiger partial charge on any atom is -0.493 e. The number of carbonyl (C=O) groups is 4. The summed E-state index contributed by atoms with van der Waals surface area (Å²) in [5.41, 5.74) is 3.24. The van der Waals surface area contributed by atoms with Crippen LogP contribution in [0.15, 0.2) is 49.1 Å². The summed E-state index contributed by atoms with van der Waals surface area (Å²) in [6, 6.07) is 9.26. The van der Waals surface area contributed by atoms with Crippen molar-refractivity contribution in [3.63, 3.8) is 0 Å². The van der Waals surface area contributed by atoms with Gasteiger partial charge in [0, 0.05) is 12.1 Å². The molecule has 0 spiro atoms. The van der Waals surface area contributed by atoms with Crippen molar-refractivity contribution in [2.45, 2.75) is 72.3 Å². The second-order valence-corrected chi connectivity index (χ2v) is 13.2. The van der Waals surface area contributed by atoms with E-state index in [1.165, 1.54) is 42.7 Å². The fourth-order valence-corrected chi connectivity index (χ4v) is 6.08. The van der Waals surface area contributed by atoms with Gasteiger partial charge in [-0.05, 0) is 69.2 Å². The highest BCUT2D eigenvalue weighted by Gasteiger charge is 2.29. The van der Waals surface area contributed by atoms with E-state index in [9.17, 15) is 19.2 Å². The van der Waals surface area contributed by atoms with Crippen LogP contribution in [0.3, 0.4) is 0 Å². The fraction of sp³-hybridized carbons (Fsp3) is 0.400. The molecule has 14 heteroatoms. The van der Waals surface area contributed by atoms with E-state index in [4.69, 9.17) is 16.3 Å². The normalized spacial score (nSPS) is 11.6. The number of thioether (sulfide) groups is 1. The zero-order valence-electron chi connectivity index (χ0n) is 28.2. The third-order valence-electron chi connectivity index (χ3n) is 7.55. The van der Waals surface area contributed by atoms with Crippen molar-refractivity contribution in [1.29, 1.82) is 0 Å². The fourth-order valence-electron chi connectivity index (χ4n) is 5.10. The number of imidazole rings is 1. The minimum absolute atomic E-state index is 0.186. The SMILES string of the molecule is CCCCCCSCC(=O)Nc1ncnc2c1ncn2C(C(C)=O)C(=O)Nc1cc(NC(=O)CCCOc2ccc(C)cc2C)ccc1Cl. The molecule has 0 fully saturated rings. The molecular weight excluding hydrogens is 666 g/mol. The summed E-state index contributed by atoms with van der Waals surface area (Å²) in [4.78, 5) is 64.3. The molecule has 3 amide bonds. The van der Waals surface area contributed by atoms with Crippen molar-refractivity contribution in [3.8, 4) is 5.75 Å². The van der Waals surface area contributed by atoms with Crippen LogP contribution in [0.4, 0.5) is 17.2 Å². The van der Waals surface area contributed by atoms with Crippen LogP contribution in [0.5, 0.6) is 5.75 Å². The van der Waals surface area contributed by atoms with Gasteiger partial charge >= 0.3 is 0 Å². The number of ether oxygens (including phenoxy) is 1. The number of fused-ring (bicyclic) bond motifs is 1. The summed E-state index contributed by atoms with van der Waals surface area (Å²) in [6.45, 7) is 7.81. The second-order valence-electron chi connectivity index (χ2n) is 11.7. The van der Waals surface area contributed by atoms with Gasteiger partial charge in [0.1, 0.15) is 12.1 Å². The number of Topliss-reactive ketones (excluding diaryl/α,β-unsaturated/α-hetero) is 1. The standard InChI is InChI=1S/C35H42ClN7O5S/c1-5-6-7-8-16-49-19-30(46)42-33-31-34(38-20-37-33)43(21-39-31)32(24(4)44)35(47)41-27-18-25(12-13-26(27)36)40-29(45)10-9-15-48-28-14-11-22(2)17-23(28)3/h11-14,17-18,20-21,32H,5-10,15-16,19H2,1-4H3,(H,40,45)(H,41,47)(H,37,38,42,46). The lowest BCUT2D eigenvalue weighted by Crippen LogP contribution is -2.31. The third-order valence-corrected chi connectivity index (χ3v) is 8.92. The summed E-state index contributed by atoms with van der Waals surface area (Å²) in [5, 5.41) is 8.48. The lowest BCUT2D eigenvalue weighted by atomic mass is 10.1. The summed E-state index contributed by atoms with van der Waals surface area (Å²) in [6.07, 6.45) is 7.79. The molecule has 1 unspecified atom stereocenters. The van der Waals surface area contributed by atoms with Crippen molar-refractivity contribution in [2.24, 2.45) is 0 Å². The van der Waals surface area contributed by atoms with Gasteiger partial charge in [-0.3, -0.25) is 23.7 Å². The Morgan fingerprint density at radius 2 is 1.76 bits per heavy atom. The first-order valence-corrected chi connectivity index (χ1v) is 17.8. The number of amides is 3. The molecule has 49 heavy (non-hydrogen) atoms. The maximum atomic E-state index is 13.5. The van der Waals surface area contributed by atoms with Crippen molar-refractivity contribution in [2.75, 3.05) is 34.1 Å². The Balaban J connectivity index is 1.37. The lowest BCUT2D eigenvalue weighted by molar-refractivity contribution is -0.129. The number of hydrogen-bond acceptors (Lipinski definition) is 9. The van der Waals surface area contributed by atoms with Crippen LogP contribution in [0.1, 0.15) is 69.5 Å². The maximum absolute atomic E-state index is 13.5. The van der Waals surface area contributed by atoms with Crippen molar-refractivity contribution >= 4 is 75.2 Å². The first kappa shape index (κ1) is 37.3. The first-order valence-electron chi connectivity index (χ1n) is 16.2.